The first kappa shape index (κ1) is 16.6. The molecule has 2 aliphatic heterocycles. The van der Waals surface area contributed by atoms with Gasteiger partial charge in [-0.2, -0.15) is 0 Å². The number of carbonyl (C=O) groups is 1. The molecule has 0 unspecified atom stereocenters. The van der Waals surface area contributed by atoms with E-state index in [1.807, 2.05) is 42.4 Å². The Hall–Kier alpha value is -2.51. The first-order chi connectivity index (χ1) is 13.2. The van der Waals surface area contributed by atoms with Crippen molar-refractivity contribution < 1.29 is 4.79 Å². The monoisotopic (exact) mass is 379 g/mol. The van der Waals surface area contributed by atoms with Crippen LogP contribution >= 0.6 is 11.3 Å². The molecule has 5 rings (SSSR count). The predicted molar refractivity (Wildman–Crippen MR) is 103 cm³/mol. The molecule has 0 spiro atoms. The summed E-state index contributed by atoms with van der Waals surface area (Å²) in [5.41, 5.74) is 2.97. The van der Waals surface area contributed by atoms with Gasteiger partial charge in [0.25, 0.3) is 5.91 Å². The number of carbonyl (C=O) groups excluding carboxylic acids is 1. The lowest BCUT2D eigenvalue weighted by molar-refractivity contribution is 0.0553. The van der Waals surface area contributed by atoms with Crippen LogP contribution in [0.15, 0.2) is 48.2 Å². The molecule has 1 fully saturated rings. The largest absolute Gasteiger partial charge is 0.337 e. The van der Waals surface area contributed by atoms with Gasteiger partial charge < -0.3 is 9.47 Å². The van der Waals surface area contributed by atoms with E-state index in [-0.39, 0.29) is 18.0 Å². The molecule has 0 aromatic carbocycles. The van der Waals surface area contributed by atoms with Crippen LogP contribution in [0.5, 0.6) is 0 Å². The maximum Gasteiger partial charge on any atom is 0.271 e. The van der Waals surface area contributed by atoms with E-state index in [2.05, 4.69) is 30.9 Å². The molecule has 27 heavy (non-hydrogen) atoms. The Kier molecular flexibility index (Phi) is 4.06. The number of amides is 1. The number of pyridine rings is 1. The topological polar surface area (TPSA) is 54.3 Å². The molecule has 6 nitrogen and oxygen atoms in total. The van der Waals surface area contributed by atoms with Gasteiger partial charge in [-0.1, -0.05) is 6.07 Å². The van der Waals surface area contributed by atoms with Crippen LogP contribution in [0.2, 0.25) is 0 Å². The summed E-state index contributed by atoms with van der Waals surface area (Å²) in [7, 11) is 0. The summed E-state index contributed by atoms with van der Waals surface area (Å²) in [5, 5.41) is 3.10. The lowest BCUT2D eigenvalue weighted by atomic mass is 10.1. The van der Waals surface area contributed by atoms with Crippen molar-refractivity contribution in [3.8, 4) is 0 Å². The molecular weight excluding hydrogens is 358 g/mol. The average molecular weight is 379 g/mol. The molecule has 0 bridgehead atoms. The van der Waals surface area contributed by atoms with Gasteiger partial charge in [0, 0.05) is 43.6 Å². The smallest absolute Gasteiger partial charge is 0.271 e. The Morgan fingerprint density at radius 3 is 2.85 bits per heavy atom. The molecule has 5 heterocycles. The highest BCUT2D eigenvalue weighted by Gasteiger charge is 2.44. The number of rotatable bonds is 4. The van der Waals surface area contributed by atoms with E-state index < -0.39 is 0 Å². The number of thiazole rings is 1. The van der Waals surface area contributed by atoms with Crippen LogP contribution in [-0.2, 0) is 13.1 Å². The highest BCUT2D eigenvalue weighted by molar-refractivity contribution is 7.09. The van der Waals surface area contributed by atoms with Crippen LogP contribution < -0.4 is 0 Å². The van der Waals surface area contributed by atoms with Crippen LogP contribution in [0.4, 0.5) is 0 Å². The third-order valence-electron chi connectivity index (χ3n) is 5.48. The number of aromatic nitrogens is 3. The van der Waals surface area contributed by atoms with Crippen molar-refractivity contribution in [1.82, 2.24) is 24.3 Å². The second-order valence-corrected chi connectivity index (χ2v) is 8.34. The van der Waals surface area contributed by atoms with Gasteiger partial charge in [0.05, 0.1) is 29.3 Å². The van der Waals surface area contributed by atoms with Crippen molar-refractivity contribution in [3.05, 3.63) is 70.2 Å². The fourth-order valence-electron chi connectivity index (χ4n) is 4.31. The molecule has 2 atom stereocenters. The van der Waals surface area contributed by atoms with E-state index in [1.54, 1.807) is 17.5 Å². The number of fused-ring (bicyclic) bond motifs is 3. The molecule has 138 valence electrons. The second-order valence-electron chi connectivity index (χ2n) is 7.28. The SMILES string of the molecule is Cc1nc(CN2C(=O)c3cccn3[C@H]3CN(Cc4cccnc4)C[C@@H]32)cs1. The Morgan fingerprint density at radius 1 is 1.19 bits per heavy atom. The van der Waals surface area contributed by atoms with Gasteiger partial charge >= 0.3 is 0 Å². The summed E-state index contributed by atoms with van der Waals surface area (Å²) in [6.07, 6.45) is 5.77. The number of likely N-dealkylation sites (tertiary alicyclic amines) is 1. The minimum Gasteiger partial charge on any atom is -0.337 e. The first-order valence-corrected chi connectivity index (χ1v) is 10.1. The second kappa shape index (κ2) is 6.58. The lowest BCUT2D eigenvalue weighted by Crippen LogP contribution is -2.49. The molecule has 2 aliphatic rings. The van der Waals surface area contributed by atoms with Crippen LogP contribution in [0, 0.1) is 6.92 Å². The predicted octanol–water partition coefficient (Wildman–Crippen LogP) is 2.73. The van der Waals surface area contributed by atoms with Crippen molar-refractivity contribution in [2.75, 3.05) is 13.1 Å². The van der Waals surface area contributed by atoms with E-state index in [1.165, 1.54) is 5.56 Å². The van der Waals surface area contributed by atoms with Gasteiger partial charge in [-0.3, -0.25) is 14.7 Å². The average Bonchev–Trinajstić information content (AvgIpc) is 3.39. The van der Waals surface area contributed by atoms with Crippen LogP contribution in [0.3, 0.4) is 0 Å². The van der Waals surface area contributed by atoms with E-state index in [0.29, 0.717) is 6.54 Å². The molecule has 7 heteroatoms. The Bertz CT molecular complexity index is 966. The lowest BCUT2D eigenvalue weighted by Gasteiger charge is -2.38. The third kappa shape index (κ3) is 2.96. The van der Waals surface area contributed by atoms with Crippen molar-refractivity contribution in [3.63, 3.8) is 0 Å². The van der Waals surface area contributed by atoms with Gasteiger partial charge in [-0.05, 0) is 30.7 Å². The molecule has 1 saturated heterocycles. The Morgan fingerprint density at radius 2 is 2.07 bits per heavy atom. The van der Waals surface area contributed by atoms with Gasteiger partial charge in [0.1, 0.15) is 5.69 Å². The van der Waals surface area contributed by atoms with E-state index in [0.717, 1.165) is 36.0 Å². The fraction of sp³-hybridized carbons (Fsp3) is 0.350. The quantitative estimate of drug-likeness (QED) is 0.699. The van der Waals surface area contributed by atoms with E-state index >= 15 is 0 Å². The first-order valence-electron chi connectivity index (χ1n) is 9.19. The van der Waals surface area contributed by atoms with Crippen molar-refractivity contribution >= 4 is 17.2 Å². The normalized spacial score (nSPS) is 22.1. The number of aryl methyl sites for hydroxylation is 1. The maximum absolute atomic E-state index is 13.1. The van der Waals surface area contributed by atoms with Gasteiger partial charge in [-0.25, -0.2) is 4.98 Å². The summed E-state index contributed by atoms with van der Waals surface area (Å²) >= 11 is 1.64. The summed E-state index contributed by atoms with van der Waals surface area (Å²) in [5.74, 6) is 0.107. The summed E-state index contributed by atoms with van der Waals surface area (Å²) in [4.78, 5) is 26.4. The zero-order valence-corrected chi connectivity index (χ0v) is 16.0. The Balaban J connectivity index is 1.43. The van der Waals surface area contributed by atoms with E-state index in [9.17, 15) is 4.79 Å². The third-order valence-corrected chi connectivity index (χ3v) is 6.30. The highest BCUT2D eigenvalue weighted by atomic mass is 32.1. The summed E-state index contributed by atoms with van der Waals surface area (Å²) < 4.78 is 2.17. The Labute approximate surface area is 162 Å². The molecule has 1 amide bonds. The van der Waals surface area contributed by atoms with Crippen molar-refractivity contribution in [2.24, 2.45) is 0 Å². The van der Waals surface area contributed by atoms with Crippen LogP contribution in [0.25, 0.3) is 0 Å². The molecule has 3 aromatic rings. The van der Waals surface area contributed by atoms with Gasteiger partial charge in [0.2, 0.25) is 0 Å². The van der Waals surface area contributed by atoms with Crippen LogP contribution in [-0.4, -0.2) is 49.4 Å². The number of hydrogen-bond donors (Lipinski definition) is 0. The van der Waals surface area contributed by atoms with Gasteiger partial charge in [0.15, 0.2) is 0 Å². The summed E-state index contributed by atoms with van der Waals surface area (Å²) in [6.45, 7) is 5.24. The number of nitrogens with zero attached hydrogens (tertiary/aromatic N) is 5. The molecule has 0 saturated carbocycles. The minimum absolute atomic E-state index is 0.107. The molecule has 0 radical (unpaired) electrons. The zero-order valence-electron chi connectivity index (χ0n) is 15.2. The molecule has 0 aliphatic carbocycles. The zero-order chi connectivity index (χ0) is 18.4. The van der Waals surface area contributed by atoms with Crippen molar-refractivity contribution in [1.29, 1.82) is 0 Å². The summed E-state index contributed by atoms with van der Waals surface area (Å²) in [6, 6.07) is 8.44. The van der Waals surface area contributed by atoms with E-state index in [4.69, 9.17) is 0 Å². The molecular formula is C20H21N5OS. The fourth-order valence-corrected chi connectivity index (χ4v) is 4.92. The molecule has 0 N–H and O–H groups in total. The highest BCUT2D eigenvalue weighted by Crippen LogP contribution is 2.35. The van der Waals surface area contributed by atoms with Crippen LogP contribution in [0.1, 0.15) is 32.8 Å². The van der Waals surface area contributed by atoms with Gasteiger partial charge in [-0.15, -0.1) is 11.3 Å². The van der Waals surface area contributed by atoms with Crippen molar-refractivity contribution in [2.45, 2.75) is 32.1 Å². The number of hydrogen-bond acceptors (Lipinski definition) is 5. The standard InChI is InChI=1S/C20H21N5OS/c1-14-22-16(13-27-14)10-25-19-12-23(9-15-4-2-6-21-8-15)11-18(19)24-7-3-5-17(24)20(25)26/h2-8,13,18-19H,9-12H2,1H3/t18-,19-/m0/s1. The maximum atomic E-state index is 13.1. The minimum atomic E-state index is 0.107. The molecule has 3 aromatic heterocycles.